The normalized spacial score (nSPS) is 17.8. The summed E-state index contributed by atoms with van der Waals surface area (Å²) in [6.07, 6.45) is 2.36. The van der Waals surface area contributed by atoms with Crippen LogP contribution in [0.5, 0.6) is 0 Å². The molecule has 0 bridgehead atoms. The third-order valence-corrected chi connectivity index (χ3v) is 3.01. The van der Waals surface area contributed by atoms with Crippen LogP contribution < -0.4 is 11.1 Å². The molecule has 1 unspecified atom stereocenters. The van der Waals surface area contributed by atoms with Gasteiger partial charge < -0.3 is 11.1 Å². The van der Waals surface area contributed by atoms with E-state index in [1.165, 1.54) is 24.2 Å². The SMILES string of the molecule is NCC(NC(=O)c1cscn1)C1CC1. The Morgan fingerprint density at radius 2 is 2.57 bits per heavy atom. The van der Waals surface area contributed by atoms with Gasteiger partial charge in [0.15, 0.2) is 0 Å². The van der Waals surface area contributed by atoms with Gasteiger partial charge >= 0.3 is 0 Å². The lowest BCUT2D eigenvalue weighted by Crippen LogP contribution is -2.41. The average molecular weight is 211 g/mol. The molecule has 1 aromatic rings. The van der Waals surface area contributed by atoms with Crippen molar-refractivity contribution >= 4 is 17.2 Å². The number of nitrogens with one attached hydrogen (secondary N) is 1. The molecule has 4 nitrogen and oxygen atoms in total. The van der Waals surface area contributed by atoms with E-state index in [2.05, 4.69) is 10.3 Å². The molecular weight excluding hydrogens is 198 g/mol. The van der Waals surface area contributed by atoms with Crippen molar-refractivity contribution in [3.63, 3.8) is 0 Å². The zero-order valence-electron chi connectivity index (χ0n) is 7.77. The number of nitrogens with two attached hydrogens (primary N) is 1. The molecule has 1 aliphatic carbocycles. The van der Waals surface area contributed by atoms with Crippen molar-refractivity contribution in [1.82, 2.24) is 10.3 Å². The first kappa shape index (κ1) is 9.61. The minimum Gasteiger partial charge on any atom is -0.346 e. The first-order valence-electron chi connectivity index (χ1n) is 4.70. The summed E-state index contributed by atoms with van der Waals surface area (Å²) in [6.45, 7) is 0.514. The Morgan fingerprint density at radius 1 is 1.79 bits per heavy atom. The van der Waals surface area contributed by atoms with Crippen LogP contribution in [0.1, 0.15) is 23.3 Å². The molecule has 1 amide bonds. The van der Waals surface area contributed by atoms with Crippen LogP contribution in [0.3, 0.4) is 0 Å². The molecule has 2 rings (SSSR count). The van der Waals surface area contributed by atoms with Crippen molar-refractivity contribution in [2.24, 2.45) is 11.7 Å². The lowest BCUT2D eigenvalue weighted by atomic mass is 10.2. The van der Waals surface area contributed by atoms with Crippen LogP contribution >= 0.6 is 11.3 Å². The Labute approximate surface area is 86.5 Å². The summed E-state index contributed by atoms with van der Waals surface area (Å²) >= 11 is 1.42. The average Bonchev–Trinajstić information content (AvgIpc) is 2.88. The Kier molecular flexibility index (Phi) is 2.79. The molecule has 5 heteroatoms. The fraction of sp³-hybridized carbons (Fsp3) is 0.556. The molecule has 1 aliphatic rings. The number of hydrogen-bond donors (Lipinski definition) is 2. The van der Waals surface area contributed by atoms with Crippen LogP contribution in [0.4, 0.5) is 0 Å². The maximum absolute atomic E-state index is 11.6. The van der Waals surface area contributed by atoms with E-state index in [4.69, 9.17) is 5.73 Å². The summed E-state index contributed by atoms with van der Waals surface area (Å²) in [5.41, 5.74) is 7.73. The van der Waals surface area contributed by atoms with E-state index >= 15 is 0 Å². The van der Waals surface area contributed by atoms with Crippen molar-refractivity contribution in [2.75, 3.05) is 6.54 Å². The van der Waals surface area contributed by atoms with Crippen LogP contribution in [-0.4, -0.2) is 23.5 Å². The highest BCUT2D eigenvalue weighted by Crippen LogP contribution is 2.32. The maximum Gasteiger partial charge on any atom is 0.271 e. The van der Waals surface area contributed by atoms with E-state index < -0.39 is 0 Å². The predicted octanol–water partition coefficient (Wildman–Crippen LogP) is 0.610. The maximum atomic E-state index is 11.6. The number of aromatic nitrogens is 1. The second-order valence-electron chi connectivity index (χ2n) is 3.53. The number of carbonyl (C=O) groups is 1. The van der Waals surface area contributed by atoms with E-state index in [1.54, 1.807) is 10.9 Å². The fourth-order valence-electron chi connectivity index (χ4n) is 1.43. The quantitative estimate of drug-likeness (QED) is 0.766. The first-order valence-corrected chi connectivity index (χ1v) is 5.64. The Bertz CT molecular complexity index is 308. The number of amides is 1. The van der Waals surface area contributed by atoms with Crippen molar-refractivity contribution in [2.45, 2.75) is 18.9 Å². The van der Waals surface area contributed by atoms with E-state index in [1.807, 2.05) is 0 Å². The van der Waals surface area contributed by atoms with Gasteiger partial charge in [0.1, 0.15) is 5.69 Å². The molecule has 76 valence electrons. The molecule has 14 heavy (non-hydrogen) atoms. The fourth-order valence-corrected chi connectivity index (χ4v) is 1.97. The van der Waals surface area contributed by atoms with Crippen LogP contribution in [0.15, 0.2) is 10.9 Å². The lowest BCUT2D eigenvalue weighted by Gasteiger charge is -2.14. The molecule has 3 N–H and O–H groups in total. The zero-order valence-corrected chi connectivity index (χ0v) is 8.59. The number of nitrogens with zero attached hydrogens (tertiary/aromatic N) is 1. The van der Waals surface area contributed by atoms with Crippen LogP contribution in [0.25, 0.3) is 0 Å². The standard InChI is InChI=1S/C9H13N3OS/c10-3-7(6-1-2-6)12-9(13)8-4-14-5-11-8/h4-7H,1-3,10H2,(H,12,13). The van der Waals surface area contributed by atoms with Gasteiger partial charge in [-0.05, 0) is 18.8 Å². The minimum absolute atomic E-state index is 0.103. The zero-order chi connectivity index (χ0) is 9.97. The van der Waals surface area contributed by atoms with E-state index in [9.17, 15) is 4.79 Å². The highest BCUT2D eigenvalue weighted by atomic mass is 32.1. The molecule has 0 radical (unpaired) electrons. The van der Waals surface area contributed by atoms with Gasteiger partial charge in [0.25, 0.3) is 5.91 Å². The van der Waals surface area contributed by atoms with Crippen molar-refractivity contribution < 1.29 is 4.79 Å². The van der Waals surface area contributed by atoms with Gasteiger partial charge in [0, 0.05) is 18.0 Å². The minimum atomic E-state index is -0.103. The summed E-state index contributed by atoms with van der Waals surface area (Å²) in [5.74, 6) is 0.483. The Hall–Kier alpha value is -0.940. The van der Waals surface area contributed by atoms with Crippen molar-refractivity contribution in [3.8, 4) is 0 Å². The van der Waals surface area contributed by atoms with Gasteiger partial charge in [-0.3, -0.25) is 4.79 Å². The van der Waals surface area contributed by atoms with Gasteiger partial charge in [0.2, 0.25) is 0 Å². The number of hydrogen-bond acceptors (Lipinski definition) is 4. The third-order valence-electron chi connectivity index (χ3n) is 2.43. The second-order valence-corrected chi connectivity index (χ2v) is 4.25. The lowest BCUT2D eigenvalue weighted by molar-refractivity contribution is 0.0929. The van der Waals surface area contributed by atoms with Crippen molar-refractivity contribution in [1.29, 1.82) is 0 Å². The summed E-state index contributed by atoms with van der Waals surface area (Å²) in [7, 11) is 0. The number of rotatable bonds is 4. The molecule has 0 spiro atoms. The van der Waals surface area contributed by atoms with Gasteiger partial charge in [-0.25, -0.2) is 4.98 Å². The van der Waals surface area contributed by atoms with Gasteiger partial charge in [0.05, 0.1) is 5.51 Å². The Morgan fingerprint density at radius 3 is 3.07 bits per heavy atom. The highest BCUT2D eigenvalue weighted by Gasteiger charge is 2.31. The third kappa shape index (κ3) is 2.10. The van der Waals surface area contributed by atoms with Gasteiger partial charge in [-0.2, -0.15) is 0 Å². The molecule has 0 aliphatic heterocycles. The molecule has 1 fully saturated rings. The first-order chi connectivity index (χ1) is 6.81. The largest absolute Gasteiger partial charge is 0.346 e. The smallest absolute Gasteiger partial charge is 0.271 e. The number of carbonyl (C=O) groups excluding carboxylic acids is 1. The molecule has 0 aromatic carbocycles. The number of thiazole rings is 1. The summed E-state index contributed by atoms with van der Waals surface area (Å²) in [5, 5.41) is 4.66. The summed E-state index contributed by atoms with van der Waals surface area (Å²) in [4.78, 5) is 15.5. The van der Waals surface area contributed by atoms with Crippen LogP contribution in [0, 0.1) is 5.92 Å². The molecule has 1 saturated carbocycles. The highest BCUT2D eigenvalue weighted by molar-refractivity contribution is 7.07. The van der Waals surface area contributed by atoms with Crippen LogP contribution in [-0.2, 0) is 0 Å². The Balaban J connectivity index is 1.92. The van der Waals surface area contributed by atoms with Crippen molar-refractivity contribution in [3.05, 3.63) is 16.6 Å². The molecule has 1 aromatic heterocycles. The van der Waals surface area contributed by atoms with Crippen LogP contribution in [0.2, 0.25) is 0 Å². The molecular formula is C9H13N3OS. The monoisotopic (exact) mass is 211 g/mol. The molecule has 1 heterocycles. The van der Waals surface area contributed by atoms with E-state index in [-0.39, 0.29) is 11.9 Å². The van der Waals surface area contributed by atoms with Gasteiger partial charge in [-0.15, -0.1) is 11.3 Å². The van der Waals surface area contributed by atoms with E-state index in [0.29, 0.717) is 18.2 Å². The second kappa shape index (κ2) is 4.06. The topological polar surface area (TPSA) is 68.0 Å². The molecule has 1 atom stereocenters. The van der Waals surface area contributed by atoms with E-state index in [0.717, 1.165) is 0 Å². The summed E-state index contributed by atoms with van der Waals surface area (Å²) < 4.78 is 0. The molecule has 0 saturated heterocycles. The predicted molar refractivity (Wildman–Crippen MR) is 55.1 cm³/mol. The summed E-state index contributed by atoms with van der Waals surface area (Å²) in [6, 6.07) is 0.129. The van der Waals surface area contributed by atoms with Gasteiger partial charge in [-0.1, -0.05) is 0 Å².